The first-order chi connectivity index (χ1) is 9.95. The van der Waals surface area contributed by atoms with Gasteiger partial charge in [0.15, 0.2) is 0 Å². The Balaban J connectivity index is 2.34. The van der Waals surface area contributed by atoms with Crippen LogP contribution in [0.1, 0.15) is 20.7 Å². The number of nitrogens with zero attached hydrogens (tertiary/aromatic N) is 3. The Bertz CT molecular complexity index is 751. The van der Waals surface area contributed by atoms with Crippen molar-refractivity contribution < 1.29 is 14.4 Å². The highest BCUT2D eigenvalue weighted by Gasteiger charge is 2.30. The van der Waals surface area contributed by atoms with Crippen LogP contribution in [0.3, 0.4) is 0 Å². The Morgan fingerprint density at radius 1 is 1.19 bits per heavy atom. The molecule has 1 amide bonds. The van der Waals surface area contributed by atoms with Gasteiger partial charge in [-0.25, -0.2) is 0 Å². The minimum Gasteiger partial charge on any atom is -0.326 e. The number of halogens is 2. The highest BCUT2D eigenvalue weighted by atomic mass is 35.5. The summed E-state index contributed by atoms with van der Waals surface area (Å²) in [5.41, 5.74) is 8.56. The van der Waals surface area contributed by atoms with Crippen LogP contribution in [0, 0.1) is 0 Å². The van der Waals surface area contributed by atoms with Crippen LogP contribution in [-0.4, -0.2) is 24.0 Å². The quantitative estimate of drug-likeness (QED) is 0.523. The zero-order valence-corrected chi connectivity index (χ0v) is 11.8. The summed E-state index contributed by atoms with van der Waals surface area (Å²) in [5.74, 6) is -1.70. The summed E-state index contributed by atoms with van der Waals surface area (Å²) in [4.78, 5) is 37.7. The van der Waals surface area contributed by atoms with Gasteiger partial charge >= 0.3 is 0 Å². The standard InChI is InChI=1S/C12H6Cl2N4O3/c13-9-10(14)12(21)7-3-5(1-2-6(7)11(9)20)17-8(19)4-16-18-15/h1-3H,4H2,(H,17,19). The summed E-state index contributed by atoms with van der Waals surface area (Å²) in [6.45, 7) is -0.382. The second-order valence-corrected chi connectivity index (χ2v) is 4.74. The fraction of sp³-hybridized carbons (Fsp3) is 0.0833. The average molecular weight is 325 g/mol. The highest BCUT2D eigenvalue weighted by molar-refractivity contribution is 6.59. The fourth-order valence-corrected chi connectivity index (χ4v) is 2.12. The molecule has 1 N–H and O–H groups in total. The third-order valence-corrected chi connectivity index (χ3v) is 3.48. The van der Waals surface area contributed by atoms with Gasteiger partial charge in [0.05, 0.1) is 0 Å². The van der Waals surface area contributed by atoms with Gasteiger partial charge in [-0.2, -0.15) is 0 Å². The van der Waals surface area contributed by atoms with Gasteiger partial charge in [0.2, 0.25) is 17.5 Å². The van der Waals surface area contributed by atoms with E-state index in [2.05, 4.69) is 15.3 Å². The van der Waals surface area contributed by atoms with Gasteiger partial charge in [0.25, 0.3) is 0 Å². The number of ketones is 2. The van der Waals surface area contributed by atoms with Crippen molar-refractivity contribution in [3.63, 3.8) is 0 Å². The molecule has 9 heteroatoms. The van der Waals surface area contributed by atoms with Gasteiger partial charge in [-0.3, -0.25) is 14.4 Å². The Labute approximate surface area is 128 Å². The largest absolute Gasteiger partial charge is 0.326 e. The molecule has 2 rings (SSSR count). The lowest BCUT2D eigenvalue weighted by atomic mass is 9.94. The lowest BCUT2D eigenvalue weighted by Gasteiger charge is -2.15. The first-order valence-corrected chi connectivity index (χ1v) is 6.30. The molecule has 0 unspecified atom stereocenters. The highest BCUT2D eigenvalue weighted by Crippen LogP contribution is 2.31. The maximum Gasteiger partial charge on any atom is 0.230 e. The molecule has 0 saturated heterocycles. The van der Waals surface area contributed by atoms with E-state index in [-0.39, 0.29) is 33.4 Å². The summed E-state index contributed by atoms with van der Waals surface area (Å²) in [6, 6.07) is 4.11. The smallest absolute Gasteiger partial charge is 0.230 e. The van der Waals surface area contributed by atoms with E-state index in [1.807, 2.05) is 0 Å². The van der Waals surface area contributed by atoms with E-state index < -0.39 is 17.5 Å². The number of rotatable bonds is 3. The third-order valence-electron chi connectivity index (χ3n) is 2.66. The van der Waals surface area contributed by atoms with Crippen molar-refractivity contribution in [1.29, 1.82) is 0 Å². The lowest BCUT2D eigenvalue weighted by molar-refractivity contribution is -0.114. The van der Waals surface area contributed by atoms with E-state index >= 15 is 0 Å². The van der Waals surface area contributed by atoms with E-state index in [9.17, 15) is 14.4 Å². The second kappa shape index (κ2) is 5.97. The summed E-state index contributed by atoms with van der Waals surface area (Å²) in [7, 11) is 0. The molecule has 1 aliphatic rings. The number of fused-ring (bicyclic) bond motifs is 1. The van der Waals surface area contributed by atoms with Crippen molar-refractivity contribution >= 4 is 46.4 Å². The molecule has 0 atom stereocenters. The zero-order valence-electron chi connectivity index (χ0n) is 10.3. The predicted molar refractivity (Wildman–Crippen MR) is 76.5 cm³/mol. The summed E-state index contributed by atoms with van der Waals surface area (Å²) < 4.78 is 0. The average Bonchev–Trinajstić information content (AvgIpc) is 2.48. The number of amides is 1. The van der Waals surface area contributed by atoms with Gasteiger partial charge in [-0.15, -0.1) is 0 Å². The maximum atomic E-state index is 12.0. The maximum absolute atomic E-state index is 12.0. The van der Waals surface area contributed by atoms with Crippen LogP contribution in [0.2, 0.25) is 0 Å². The molecule has 0 saturated carbocycles. The minimum absolute atomic E-state index is 0.0518. The monoisotopic (exact) mass is 324 g/mol. The van der Waals surface area contributed by atoms with Crippen LogP contribution in [0.25, 0.3) is 10.4 Å². The number of carbonyl (C=O) groups is 3. The third kappa shape index (κ3) is 2.90. The topological polar surface area (TPSA) is 112 Å². The van der Waals surface area contributed by atoms with E-state index in [1.54, 1.807) is 0 Å². The van der Waals surface area contributed by atoms with Crippen molar-refractivity contribution in [1.82, 2.24) is 0 Å². The number of hydrogen-bond acceptors (Lipinski definition) is 4. The van der Waals surface area contributed by atoms with Gasteiger partial charge in [0.1, 0.15) is 16.6 Å². The van der Waals surface area contributed by atoms with E-state index in [1.165, 1.54) is 18.2 Å². The molecule has 1 aromatic rings. The second-order valence-electron chi connectivity index (χ2n) is 3.98. The number of benzene rings is 1. The summed E-state index contributed by atoms with van der Waals surface area (Å²) in [5, 5.41) is 4.86. The fourth-order valence-electron chi connectivity index (χ4n) is 1.74. The van der Waals surface area contributed by atoms with Crippen LogP contribution >= 0.6 is 23.2 Å². The molecule has 0 aliphatic heterocycles. The summed E-state index contributed by atoms with van der Waals surface area (Å²) in [6.07, 6.45) is 0. The molecule has 0 aromatic heterocycles. The van der Waals surface area contributed by atoms with Crippen LogP contribution in [0.4, 0.5) is 5.69 Å². The van der Waals surface area contributed by atoms with Crippen molar-refractivity contribution in [2.75, 3.05) is 11.9 Å². The van der Waals surface area contributed by atoms with Crippen LogP contribution < -0.4 is 5.32 Å². The molecule has 0 bridgehead atoms. The van der Waals surface area contributed by atoms with Crippen molar-refractivity contribution in [2.45, 2.75) is 0 Å². The van der Waals surface area contributed by atoms with Crippen molar-refractivity contribution in [3.8, 4) is 0 Å². The molecule has 0 spiro atoms. The molecule has 106 valence electrons. The van der Waals surface area contributed by atoms with Gasteiger partial charge in [0, 0.05) is 21.7 Å². The first-order valence-electron chi connectivity index (χ1n) is 5.55. The molecular weight excluding hydrogens is 319 g/mol. The number of hydrogen-bond donors (Lipinski definition) is 1. The normalized spacial score (nSPS) is 13.6. The lowest BCUT2D eigenvalue weighted by Crippen LogP contribution is -2.19. The van der Waals surface area contributed by atoms with E-state index in [4.69, 9.17) is 28.7 Å². The molecule has 0 fully saturated rings. The van der Waals surface area contributed by atoms with E-state index in [0.29, 0.717) is 0 Å². The zero-order chi connectivity index (χ0) is 15.6. The first kappa shape index (κ1) is 15.1. The Kier molecular flexibility index (Phi) is 4.28. The number of azide groups is 1. The van der Waals surface area contributed by atoms with E-state index in [0.717, 1.165) is 0 Å². The van der Waals surface area contributed by atoms with Crippen LogP contribution in [-0.2, 0) is 4.79 Å². The number of allylic oxidation sites excluding steroid dienone is 2. The molecule has 7 nitrogen and oxygen atoms in total. The Morgan fingerprint density at radius 2 is 1.81 bits per heavy atom. The number of carbonyl (C=O) groups excluding carboxylic acids is 3. The van der Waals surface area contributed by atoms with Crippen molar-refractivity contribution in [2.24, 2.45) is 5.11 Å². The molecule has 1 aromatic carbocycles. The van der Waals surface area contributed by atoms with Gasteiger partial charge in [-0.05, 0) is 23.7 Å². The van der Waals surface area contributed by atoms with Crippen molar-refractivity contribution in [3.05, 3.63) is 49.8 Å². The molecule has 1 aliphatic carbocycles. The number of Topliss-reactive ketones (excluding diaryl/α,β-unsaturated/α-hetero) is 2. The van der Waals surface area contributed by atoms with Gasteiger partial charge in [-0.1, -0.05) is 28.3 Å². The summed E-state index contributed by atoms with van der Waals surface area (Å²) >= 11 is 11.4. The Hall–Kier alpha value is -2.34. The molecular formula is C12H6Cl2N4O3. The molecule has 0 heterocycles. The number of anilines is 1. The van der Waals surface area contributed by atoms with Crippen LogP contribution in [0.5, 0.6) is 0 Å². The predicted octanol–water partition coefficient (Wildman–Crippen LogP) is 3.00. The minimum atomic E-state index is -0.595. The number of nitrogens with one attached hydrogen (secondary N) is 1. The van der Waals surface area contributed by atoms with Gasteiger partial charge < -0.3 is 5.32 Å². The Morgan fingerprint density at radius 3 is 2.43 bits per heavy atom. The molecule has 21 heavy (non-hydrogen) atoms. The SMILES string of the molecule is [N-]=[N+]=NCC(=O)Nc1ccc2c(c1)C(=O)C(Cl)=C(Cl)C2=O. The molecule has 0 radical (unpaired) electrons. The van der Waals surface area contributed by atoms with Crippen LogP contribution in [0.15, 0.2) is 33.4 Å².